The van der Waals surface area contributed by atoms with Crippen LogP contribution in [0, 0.1) is 10.6 Å². The molecule has 11 heteroatoms. The van der Waals surface area contributed by atoms with Crippen molar-refractivity contribution in [2.45, 2.75) is 31.1 Å². The van der Waals surface area contributed by atoms with Gasteiger partial charge >= 0.3 is 0 Å². The average Bonchev–Trinajstić information content (AvgIpc) is 3.22. The molecule has 0 saturated heterocycles. The Balaban J connectivity index is 1.74. The number of nitrogens with two attached hydrogens (primary N) is 1. The van der Waals surface area contributed by atoms with Crippen molar-refractivity contribution in [2.24, 2.45) is 10.7 Å². The van der Waals surface area contributed by atoms with Crippen LogP contribution in [0.5, 0.6) is 5.88 Å². The number of methoxy groups -OCH3 is 1. The van der Waals surface area contributed by atoms with Crippen molar-refractivity contribution in [3.8, 4) is 28.6 Å². The van der Waals surface area contributed by atoms with E-state index in [1.54, 1.807) is 39.0 Å². The fourth-order valence-corrected chi connectivity index (χ4v) is 5.25. The molecule has 32 heavy (non-hydrogen) atoms. The van der Waals surface area contributed by atoms with Gasteiger partial charge in [-0.05, 0) is 39.0 Å². The number of hydrogen-bond donors (Lipinski definition) is 2. The maximum atomic E-state index is 14.9. The quantitative estimate of drug-likeness (QED) is 0.611. The van der Waals surface area contributed by atoms with Gasteiger partial charge in [0.25, 0.3) is 0 Å². The lowest BCUT2D eigenvalue weighted by molar-refractivity contribution is 0.395. The van der Waals surface area contributed by atoms with Crippen molar-refractivity contribution in [1.82, 2.24) is 15.1 Å². The highest BCUT2D eigenvalue weighted by atomic mass is 32.2. The highest BCUT2D eigenvalue weighted by Crippen LogP contribution is 2.39. The Bertz CT molecular complexity index is 1320. The van der Waals surface area contributed by atoms with Crippen LogP contribution < -0.4 is 10.5 Å². The minimum absolute atomic E-state index is 0.0658. The fourth-order valence-electron chi connectivity index (χ4n) is 3.49. The second kappa shape index (κ2) is 7.37. The summed E-state index contributed by atoms with van der Waals surface area (Å²) in [7, 11) is -1.69. The van der Waals surface area contributed by atoms with E-state index < -0.39 is 25.8 Å². The van der Waals surface area contributed by atoms with Crippen molar-refractivity contribution in [2.75, 3.05) is 12.9 Å². The van der Waals surface area contributed by atoms with Crippen LogP contribution in [0.3, 0.4) is 0 Å². The molecule has 0 radical (unpaired) electrons. The third-order valence-electron chi connectivity index (χ3n) is 5.73. The third kappa shape index (κ3) is 3.52. The number of amidine groups is 1. The molecule has 1 aliphatic heterocycles. The van der Waals surface area contributed by atoms with E-state index in [1.165, 1.54) is 25.6 Å². The Labute approximate surface area is 184 Å². The summed E-state index contributed by atoms with van der Waals surface area (Å²) in [4.78, 5) is 12.8. The molecule has 4 rings (SSSR count). The van der Waals surface area contributed by atoms with E-state index in [-0.39, 0.29) is 17.2 Å². The van der Waals surface area contributed by atoms with E-state index in [9.17, 15) is 8.60 Å². The molecule has 9 nitrogen and oxygen atoms in total. The van der Waals surface area contributed by atoms with Crippen molar-refractivity contribution < 1.29 is 17.9 Å². The lowest BCUT2D eigenvalue weighted by atomic mass is 9.91. The van der Waals surface area contributed by atoms with Crippen LogP contribution in [0.2, 0.25) is 0 Å². The topological polar surface area (TPSA) is 140 Å². The van der Waals surface area contributed by atoms with Gasteiger partial charge in [-0.1, -0.05) is 5.16 Å². The number of rotatable bonds is 4. The monoisotopic (exact) mass is 458 g/mol. The molecule has 0 amide bonds. The van der Waals surface area contributed by atoms with Gasteiger partial charge in [0, 0.05) is 17.2 Å². The highest BCUT2D eigenvalue weighted by Gasteiger charge is 2.47. The molecule has 1 aromatic carbocycles. The number of hydrogen-bond acceptors (Lipinski definition) is 9. The lowest BCUT2D eigenvalue weighted by Crippen LogP contribution is -2.54. The molecule has 3 aromatic rings. The number of nitrogens with one attached hydrogen (secondary N) is 1. The summed E-state index contributed by atoms with van der Waals surface area (Å²) in [5.74, 6) is 0.119. The molecule has 3 N–H and O–H groups in total. The van der Waals surface area contributed by atoms with E-state index in [4.69, 9.17) is 19.8 Å². The normalized spacial score (nSPS) is 24.7. The number of halogens is 1. The summed E-state index contributed by atoms with van der Waals surface area (Å²) in [5.41, 5.74) is 6.45. The van der Waals surface area contributed by atoms with Gasteiger partial charge in [-0.25, -0.2) is 18.6 Å². The van der Waals surface area contributed by atoms with E-state index in [0.717, 1.165) is 0 Å². The van der Waals surface area contributed by atoms with E-state index >= 15 is 0 Å². The van der Waals surface area contributed by atoms with E-state index in [1.807, 2.05) is 0 Å². The Kier molecular flexibility index (Phi) is 5.04. The number of aliphatic imine (C=N–C) groups is 1. The predicted octanol–water partition coefficient (Wildman–Crippen LogP) is 3.36. The first-order valence-electron chi connectivity index (χ1n) is 9.72. The van der Waals surface area contributed by atoms with Gasteiger partial charge in [0.15, 0.2) is 5.76 Å². The maximum absolute atomic E-state index is 14.9. The van der Waals surface area contributed by atoms with Crippen LogP contribution in [-0.4, -0.2) is 42.8 Å². The minimum Gasteiger partial charge on any atom is -0.480 e. The smallest absolute Gasteiger partial charge is 0.232 e. The van der Waals surface area contributed by atoms with Gasteiger partial charge < -0.3 is 15.0 Å². The summed E-state index contributed by atoms with van der Waals surface area (Å²) in [6.45, 7) is 4.86. The Morgan fingerprint density at radius 2 is 1.94 bits per heavy atom. The van der Waals surface area contributed by atoms with E-state index in [0.29, 0.717) is 28.6 Å². The van der Waals surface area contributed by atoms with Crippen LogP contribution in [0.15, 0.2) is 46.2 Å². The van der Waals surface area contributed by atoms with Crippen molar-refractivity contribution in [1.29, 1.82) is 4.78 Å². The average molecular weight is 459 g/mol. The fraction of sp³-hybridized carbons (Fsp3) is 0.333. The first-order valence-corrected chi connectivity index (χ1v) is 11.4. The van der Waals surface area contributed by atoms with Crippen molar-refractivity contribution >= 4 is 15.6 Å². The Morgan fingerprint density at radius 1 is 1.19 bits per heavy atom. The molecule has 0 unspecified atom stereocenters. The van der Waals surface area contributed by atoms with Gasteiger partial charge in [-0.3, -0.25) is 9.77 Å². The number of ether oxygens (including phenoxy) is 1. The molecule has 0 spiro atoms. The molecule has 0 bridgehead atoms. The zero-order valence-corrected chi connectivity index (χ0v) is 18.9. The van der Waals surface area contributed by atoms with Crippen LogP contribution >= 0.6 is 0 Å². The van der Waals surface area contributed by atoms with Gasteiger partial charge in [-0.2, -0.15) is 0 Å². The van der Waals surface area contributed by atoms with Crippen molar-refractivity contribution in [3.63, 3.8) is 0 Å². The SMILES string of the molecule is COc1cnc(-c2cc(-c3ccc(F)c([C@]4(C)C[S@](=N)(=O)C(C)(C)C(N)=N4)c3)on2)cn1. The van der Waals surface area contributed by atoms with Gasteiger partial charge in [0.05, 0.1) is 35.0 Å². The van der Waals surface area contributed by atoms with Crippen LogP contribution in [0.25, 0.3) is 22.7 Å². The van der Waals surface area contributed by atoms with Gasteiger partial charge in [0.1, 0.15) is 33.3 Å². The number of nitrogens with zero attached hydrogens (tertiary/aromatic N) is 4. The first kappa shape index (κ1) is 21.9. The standard InChI is InChI=1S/C21H23FN6O3S/c1-20(2)19(23)27-21(3,11-32(20,24)29)13-7-12(5-6-14(13)22)17-8-15(28-31-17)16-9-26-18(30-4)10-25-16/h5-10,24H,11H2,1-4H3,(H2,23,27)/t21-,32-/m0/s1. The molecule has 1 aliphatic rings. The molecule has 168 valence electrons. The Morgan fingerprint density at radius 3 is 2.56 bits per heavy atom. The molecule has 2 atom stereocenters. The molecule has 2 aromatic heterocycles. The van der Waals surface area contributed by atoms with Crippen LogP contribution in [0.1, 0.15) is 26.3 Å². The van der Waals surface area contributed by atoms with Crippen molar-refractivity contribution in [3.05, 3.63) is 48.0 Å². The summed E-state index contributed by atoms with van der Waals surface area (Å²) >= 11 is 0. The zero-order valence-electron chi connectivity index (χ0n) is 18.0. The zero-order chi connectivity index (χ0) is 23.3. The third-order valence-corrected chi connectivity index (χ3v) is 8.56. The number of aromatic nitrogens is 3. The maximum Gasteiger partial charge on any atom is 0.232 e. The van der Waals surface area contributed by atoms with Crippen LogP contribution in [-0.2, 0) is 15.3 Å². The first-order chi connectivity index (χ1) is 15.0. The second-order valence-electron chi connectivity index (χ2n) is 8.32. The molecule has 0 fully saturated rings. The van der Waals surface area contributed by atoms with Gasteiger partial charge in [0.2, 0.25) is 5.88 Å². The highest BCUT2D eigenvalue weighted by molar-refractivity contribution is 7.94. The second-order valence-corrected chi connectivity index (χ2v) is 11.0. The minimum atomic E-state index is -3.18. The molecular formula is C21H23FN6O3S. The molecule has 0 aliphatic carbocycles. The lowest BCUT2D eigenvalue weighted by Gasteiger charge is -2.39. The summed E-state index contributed by atoms with van der Waals surface area (Å²) in [6, 6.07) is 6.04. The molecule has 0 saturated carbocycles. The number of benzene rings is 1. The van der Waals surface area contributed by atoms with Crippen LogP contribution in [0.4, 0.5) is 4.39 Å². The summed E-state index contributed by atoms with van der Waals surface area (Å²) in [6.07, 6.45) is 2.97. The predicted molar refractivity (Wildman–Crippen MR) is 118 cm³/mol. The largest absolute Gasteiger partial charge is 0.480 e. The summed E-state index contributed by atoms with van der Waals surface area (Å²) < 4.78 is 45.7. The molecular weight excluding hydrogens is 435 g/mol. The van der Waals surface area contributed by atoms with Gasteiger partial charge in [-0.15, -0.1) is 0 Å². The van der Waals surface area contributed by atoms with E-state index in [2.05, 4.69) is 20.1 Å². The Hall–Kier alpha value is -3.34. The molecule has 3 heterocycles. The summed E-state index contributed by atoms with van der Waals surface area (Å²) in [5, 5.41) is 4.02.